The monoisotopic (exact) mass is 322 g/mol. The fraction of sp³-hybridized carbons (Fsp3) is 0.263. The summed E-state index contributed by atoms with van der Waals surface area (Å²) >= 11 is 0. The van der Waals surface area contributed by atoms with Gasteiger partial charge in [-0.25, -0.2) is 4.98 Å². The molecule has 0 saturated heterocycles. The number of pyridine rings is 1. The molecule has 0 bridgehead atoms. The average molecular weight is 322 g/mol. The van der Waals surface area contributed by atoms with Gasteiger partial charge in [0.1, 0.15) is 0 Å². The highest BCUT2D eigenvalue weighted by Crippen LogP contribution is 2.29. The van der Waals surface area contributed by atoms with Crippen LogP contribution in [-0.4, -0.2) is 43.0 Å². The zero-order chi connectivity index (χ0) is 17.1. The highest BCUT2D eigenvalue weighted by atomic mass is 16.1. The molecule has 0 unspecified atom stereocenters. The first-order valence-electron chi connectivity index (χ1n) is 8.08. The highest BCUT2D eigenvalue weighted by molar-refractivity contribution is 6.13. The number of para-hydroxylation sites is 2. The SMILES string of the molecule is CN(C)CCCNC(=O)c1cccc2c(N)c3ccccc3nc12. The molecule has 0 aliphatic rings. The second-order valence-electron chi connectivity index (χ2n) is 6.16. The van der Waals surface area contributed by atoms with Crippen molar-refractivity contribution in [3.05, 3.63) is 48.0 Å². The summed E-state index contributed by atoms with van der Waals surface area (Å²) in [6, 6.07) is 13.3. The summed E-state index contributed by atoms with van der Waals surface area (Å²) in [7, 11) is 4.04. The summed E-state index contributed by atoms with van der Waals surface area (Å²) in [5, 5.41) is 4.69. The minimum absolute atomic E-state index is 0.110. The number of aromatic nitrogens is 1. The van der Waals surface area contributed by atoms with Crippen molar-refractivity contribution in [1.29, 1.82) is 0 Å². The van der Waals surface area contributed by atoms with Crippen molar-refractivity contribution in [2.24, 2.45) is 0 Å². The van der Waals surface area contributed by atoms with E-state index in [1.807, 2.05) is 50.5 Å². The Morgan fingerprint density at radius 1 is 1.12 bits per heavy atom. The van der Waals surface area contributed by atoms with Crippen molar-refractivity contribution in [2.45, 2.75) is 6.42 Å². The lowest BCUT2D eigenvalue weighted by Gasteiger charge is -2.12. The molecular weight excluding hydrogens is 300 g/mol. The van der Waals surface area contributed by atoms with Crippen LogP contribution in [0.1, 0.15) is 16.8 Å². The Bertz CT molecular complexity index is 889. The zero-order valence-corrected chi connectivity index (χ0v) is 14.0. The van der Waals surface area contributed by atoms with E-state index in [-0.39, 0.29) is 5.91 Å². The summed E-state index contributed by atoms with van der Waals surface area (Å²) in [4.78, 5) is 19.3. The summed E-state index contributed by atoms with van der Waals surface area (Å²) in [6.07, 6.45) is 0.905. The molecule has 3 rings (SSSR count). The number of amides is 1. The predicted molar refractivity (Wildman–Crippen MR) is 99.2 cm³/mol. The fourth-order valence-corrected chi connectivity index (χ4v) is 2.82. The third kappa shape index (κ3) is 3.16. The molecule has 1 amide bonds. The molecule has 0 radical (unpaired) electrons. The molecule has 5 nitrogen and oxygen atoms in total. The van der Waals surface area contributed by atoms with Gasteiger partial charge in [-0.3, -0.25) is 4.79 Å². The molecule has 0 aliphatic heterocycles. The number of fused-ring (bicyclic) bond motifs is 2. The third-order valence-electron chi connectivity index (χ3n) is 4.06. The summed E-state index contributed by atoms with van der Waals surface area (Å²) in [5.74, 6) is -0.110. The lowest BCUT2D eigenvalue weighted by atomic mass is 10.0. The minimum Gasteiger partial charge on any atom is -0.398 e. The predicted octanol–water partition coefficient (Wildman–Crippen LogP) is 2.65. The Labute approximate surface area is 141 Å². The molecule has 3 N–H and O–H groups in total. The third-order valence-corrected chi connectivity index (χ3v) is 4.06. The Kier molecular flexibility index (Phi) is 4.62. The van der Waals surface area contributed by atoms with Crippen molar-refractivity contribution in [1.82, 2.24) is 15.2 Å². The molecule has 24 heavy (non-hydrogen) atoms. The van der Waals surface area contributed by atoms with Crippen LogP contribution in [0.25, 0.3) is 21.8 Å². The standard InChI is InChI=1S/C19H22N4O/c1-23(2)12-6-11-21-19(24)15-9-5-8-14-17(20)13-7-3-4-10-16(13)22-18(14)15/h3-5,7-10H,6,11-12H2,1-2H3,(H2,20,22)(H,21,24). The molecule has 0 saturated carbocycles. The van der Waals surface area contributed by atoms with Gasteiger partial charge < -0.3 is 16.0 Å². The molecule has 0 atom stereocenters. The van der Waals surface area contributed by atoms with E-state index in [4.69, 9.17) is 5.73 Å². The number of anilines is 1. The summed E-state index contributed by atoms with van der Waals surface area (Å²) in [6.45, 7) is 1.57. The normalized spacial score (nSPS) is 11.3. The van der Waals surface area contributed by atoms with E-state index in [1.54, 1.807) is 6.07 Å². The molecule has 0 fully saturated rings. The van der Waals surface area contributed by atoms with Crippen LogP contribution in [0, 0.1) is 0 Å². The van der Waals surface area contributed by atoms with Gasteiger partial charge in [0.15, 0.2) is 0 Å². The lowest BCUT2D eigenvalue weighted by Crippen LogP contribution is -2.27. The number of carbonyl (C=O) groups is 1. The van der Waals surface area contributed by atoms with Gasteiger partial charge in [-0.15, -0.1) is 0 Å². The Morgan fingerprint density at radius 2 is 1.88 bits per heavy atom. The first-order valence-corrected chi connectivity index (χ1v) is 8.08. The van der Waals surface area contributed by atoms with E-state index in [9.17, 15) is 4.79 Å². The van der Waals surface area contributed by atoms with Gasteiger partial charge in [-0.2, -0.15) is 0 Å². The second kappa shape index (κ2) is 6.84. The van der Waals surface area contributed by atoms with Gasteiger partial charge in [0.25, 0.3) is 5.91 Å². The van der Waals surface area contributed by atoms with E-state index in [0.29, 0.717) is 23.3 Å². The minimum atomic E-state index is -0.110. The summed E-state index contributed by atoms with van der Waals surface area (Å²) < 4.78 is 0. The molecule has 0 aliphatic carbocycles. The maximum absolute atomic E-state index is 12.5. The zero-order valence-electron chi connectivity index (χ0n) is 14.0. The van der Waals surface area contributed by atoms with Crippen molar-refractivity contribution in [2.75, 3.05) is 32.9 Å². The van der Waals surface area contributed by atoms with E-state index in [1.165, 1.54) is 0 Å². The van der Waals surface area contributed by atoms with E-state index >= 15 is 0 Å². The average Bonchev–Trinajstić information content (AvgIpc) is 2.58. The molecular formula is C19H22N4O. The van der Waals surface area contributed by atoms with Crippen LogP contribution >= 0.6 is 0 Å². The van der Waals surface area contributed by atoms with Crippen LogP contribution in [0.3, 0.4) is 0 Å². The number of hydrogen-bond donors (Lipinski definition) is 2. The van der Waals surface area contributed by atoms with Gasteiger partial charge in [0.2, 0.25) is 0 Å². The Hall–Kier alpha value is -2.66. The number of rotatable bonds is 5. The van der Waals surface area contributed by atoms with Gasteiger partial charge in [0, 0.05) is 17.3 Å². The molecule has 0 spiro atoms. The fourth-order valence-electron chi connectivity index (χ4n) is 2.82. The van der Waals surface area contributed by atoms with E-state index in [0.717, 1.165) is 29.3 Å². The maximum atomic E-state index is 12.5. The topological polar surface area (TPSA) is 71.2 Å². The maximum Gasteiger partial charge on any atom is 0.253 e. The number of nitrogens with two attached hydrogens (primary N) is 1. The quantitative estimate of drug-likeness (QED) is 0.559. The van der Waals surface area contributed by atoms with Crippen LogP contribution in [0.4, 0.5) is 5.69 Å². The first kappa shape index (κ1) is 16.2. The Morgan fingerprint density at radius 3 is 2.67 bits per heavy atom. The first-order chi connectivity index (χ1) is 11.6. The van der Waals surface area contributed by atoms with E-state index in [2.05, 4.69) is 15.2 Å². The smallest absolute Gasteiger partial charge is 0.253 e. The van der Waals surface area contributed by atoms with Crippen LogP contribution in [0.5, 0.6) is 0 Å². The molecule has 2 aromatic carbocycles. The number of nitrogens with zero attached hydrogens (tertiary/aromatic N) is 2. The van der Waals surface area contributed by atoms with Gasteiger partial charge >= 0.3 is 0 Å². The van der Waals surface area contributed by atoms with Gasteiger partial charge in [-0.05, 0) is 39.2 Å². The molecule has 124 valence electrons. The van der Waals surface area contributed by atoms with Gasteiger partial charge in [-0.1, -0.05) is 30.3 Å². The number of carbonyl (C=O) groups excluding carboxylic acids is 1. The number of benzene rings is 2. The molecule has 1 aromatic heterocycles. The number of hydrogen-bond acceptors (Lipinski definition) is 4. The van der Waals surface area contributed by atoms with Crippen molar-refractivity contribution < 1.29 is 4.79 Å². The Balaban J connectivity index is 1.95. The summed E-state index contributed by atoms with van der Waals surface area (Å²) in [5.41, 5.74) is 8.98. The van der Waals surface area contributed by atoms with E-state index < -0.39 is 0 Å². The number of nitrogen functional groups attached to an aromatic ring is 1. The van der Waals surface area contributed by atoms with Crippen molar-refractivity contribution in [3.8, 4) is 0 Å². The highest BCUT2D eigenvalue weighted by Gasteiger charge is 2.14. The lowest BCUT2D eigenvalue weighted by molar-refractivity contribution is 0.0954. The largest absolute Gasteiger partial charge is 0.398 e. The van der Waals surface area contributed by atoms with Gasteiger partial charge in [0.05, 0.1) is 22.3 Å². The van der Waals surface area contributed by atoms with Crippen LogP contribution in [0.15, 0.2) is 42.5 Å². The van der Waals surface area contributed by atoms with Crippen LogP contribution < -0.4 is 11.1 Å². The molecule has 5 heteroatoms. The molecule has 1 heterocycles. The van der Waals surface area contributed by atoms with Crippen molar-refractivity contribution >= 4 is 33.4 Å². The van der Waals surface area contributed by atoms with Crippen molar-refractivity contribution in [3.63, 3.8) is 0 Å². The molecule has 3 aromatic rings. The van der Waals surface area contributed by atoms with Crippen LogP contribution in [-0.2, 0) is 0 Å². The van der Waals surface area contributed by atoms with Crippen LogP contribution in [0.2, 0.25) is 0 Å². The number of nitrogens with one attached hydrogen (secondary N) is 1. The second-order valence-corrected chi connectivity index (χ2v) is 6.16.